The summed E-state index contributed by atoms with van der Waals surface area (Å²) in [5, 5.41) is 12.0. The van der Waals surface area contributed by atoms with Crippen molar-refractivity contribution in [1.29, 1.82) is 0 Å². The molecule has 3 heterocycles. The number of aromatic nitrogens is 3. The van der Waals surface area contributed by atoms with E-state index in [4.69, 9.17) is 5.73 Å². The van der Waals surface area contributed by atoms with Gasteiger partial charge in [-0.15, -0.1) is 0 Å². The van der Waals surface area contributed by atoms with E-state index in [1.165, 1.54) is 16.2 Å². The molecule has 2 N–H and O–H groups in total. The summed E-state index contributed by atoms with van der Waals surface area (Å²) in [6.45, 7) is 0. The van der Waals surface area contributed by atoms with Gasteiger partial charge in [0, 0.05) is 6.07 Å². The van der Waals surface area contributed by atoms with Crippen LogP contribution in [0.4, 0.5) is 11.5 Å². The Morgan fingerprint density at radius 1 is 1.33 bits per heavy atom. The summed E-state index contributed by atoms with van der Waals surface area (Å²) in [5.41, 5.74) is 7.14. The molecule has 0 amide bonds. The summed E-state index contributed by atoms with van der Waals surface area (Å²) >= 11 is 1.38. The monoisotopic (exact) mass is 301 g/mol. The Bertz CT molecular complexity index is 800. The highest BCUT2D eigenvalue weighted by atomic mass is 32.2. The molecule has 0 unspecified atom stereocenters. The zero-order chi connectivity index (χ0) is 14.8. The number of hydrogen-bond donors (Lipinski definition) is 1. The van der Waals surface area contributed by atoms with Gasteiger partial charge in [0.05, 0.1) is 28.9 Å². The van der Waals surface area contributed by atoms with Gasteiger partial charge in [-0.25, -0.2) is 9.97 Å². The van der Waals surface area contributed by atoms with Crippen LogP contribution in [-0.4, -0.2) is 19.3 Å². The normalized spacial score (nSPS) is 10.9. The van der Waals surface area contributed by atoms with Crippen molar-refractivity contribution < 1.29 is 4.92 Å². The van der Waals surface area contributed by atoms with E-state index in [2.05, 4.69) is 9.97 Å². The van der Waals surface area contributed by atoms with Crippen LogP contribution in [0.15, 0.2) is 47.8 Å². The number of nitrogens with two attached hydrogens (primary N) is 1. The first-order chi connectivity index (χ1) is 10.1. The number of nitro groups is 1. The number of imidazole rings is 1. The van der Waals surface area contributed by atoms with Crippen molar-refractivity contribution in [3.63, 3.8) is 0 Å². The SMILES string of the molecule is Nc1ccc(SCc2nc3ccccn3c2[N+](=O)[O-])nc1. The topological polar surface area (TPSA) is 99.3 Å². The maximum atomic E-state index is 11.3. The molecule has 0 aromatic carbocycles. The first-order valence-electron chi connectivity index (χ1n) is 6.10. The smallest absolute Gasteiger partial charge is 0.351 e. The largest absolute Gasteiger partial charge is 0.397 e. The third kappa shape index (κ3) is 2.65. The quantitative estimate of drug-likeness (QED) is 0.451. The standard InChI is InChI=1S/C13H11N5O2S/c14-9-4-5-12(15-7-9)21-8-10-13(18(19)20)17-6-2-1-3-11(17)16-10/h1-7H,8,14H2. The summed E-state index contributed by atoms with van der Waals surface area (Å²) < 4.78 is 1.48. The van der Waals surface area contributed by atoms with Crippen LogP contribution < -0.4 is 5.73 Å². The number of nitrogen functional groups attached to an aromatic ring is 1. The number of hydrogen-bond acceptors (Lipinski definition) is 6. The molecule has 8 heteroatoms. The Morgan fingerprint density at radius 2 is 2.19 bits per heavy atom. The van der Waals surface area contributed by atoms with Crippen molar-refractivity contribution in [2.75, 3.05) is 5.73 Å². The first kappa shape index (κ1) is 13.4. The van der Waals surface area contributed by atoms with Gasteiger partial charge in [-0.1, -0.05) is 17.8 Å². The highest BCUT2D eigenvalue weighted by Gasteiger charge is 2.22. The van der Waals surface area contributed by atoms with Crippen molar-refractivity contribution in [1.82, 2.24) is 14.4 Å². The molecular formula is C13H11N5O2S. The lowest BCUT2D eigenvalue weighted by Gasteiger charge is -2.00. The summed E-state index contributed by atoms with van der Waals surface area (Å²) in [6.07, 6.45) is 3.19. The van der Waals surface area contributed by atoms with Gasteiger partial charge in [0.25, 0.3) is 0 Å². The van der Waals surface area contributed by atoms with Crippen LogP contribution >= 0.6 is 11.8 Å². The fraction of sp³-hybridized carbons (Fsp3) is 0.0769. The third-order valence-corrected chi connectivity index (χ3v) is 3.82. The molecule has 0 bridgehead atoms. The number of nitrogens with zero attached hydrogens (tertiary/aromatic N) is 4. The van der Waals surface area contributed by atoms with Crippen LogP contribution in [0.2, 0.25) is 0 Å². The van der Waals surface area contributed by atoms with Crippen LogP contribution in [0.3, 0.4) is 0 Å². The molecule has 0 aliphatic carbocycles. The fourth-order valence-electron chi connectivity index (χ4n) is 1.94. The lowest BCUT2D eigenvalue weighted by molar-refractivity contribution is -0.391. The Morgan fingerprint density at radius 3 is 2.90 bits per heavy atom. The van der Waals surface area contributed by atoms with Gasteiger partial charge >= 0.3 is 5.82 Å². The molecule has 0 saturated heterocycles. The minimum absolute atomic E-state index is 0.00598. The molecule has 0 atom stereocenters. The molecule has 0 aliphatic heterocycles. The Labute approximate surface area is 124 Å². The molecule has 3 aromatic heterocycles. The molecule has 0 aliphatic rings. The Hall–Kier alpha value is -2.61. The molecular weight excluding hydrogens is 290 g/mol. The van der Waals surface area contributed by atoms with Crippen molar-refractivity contribution in [3.8, 4) is 0 Å². The highest BCUT2D eigenvalue weighted by Crippen LogP contribution is 2.27. The van der Waals surface area contributed by atoms with Crippen molar-refractivity contribution in [2.24, 2.45) is 0 Å². The van der Waals surface area contributed by atoms with E-state index in [-0.39, 0.29) is 5.82 Å². The van der Waals surface area contributed by atoms with Crippen molar-refractivity contribution >= 4 is 28.9 Å². The Balaban J connectivity index is 1.91. The zero-order valence-corrected chi connectivity index (χ0v) is 11.7. The second kappa shape index (κ2) is 5.41. The van der Waals surface area contributed by atoms with E-state index in [9.17, 15) is 10.1 Å². The van der Waals surface area contributed by atoms with E-state index < -0.39 is 4.92 Å². The third-order valence-electron chi connectivity index (χ3n) is 2.86. The molecule has 7 nitrogen and oxygen atoms in total. The summed E-state index contributed by atoms with van der Waals surface area (Å²) in [7, 11) is 0. The average Bonchev–Trinajstić information content (AvgIpc) is 2.85. The molecule has 3 rings (SSSR count). The maximum absolute atomic E-state index is 11.3. The van der Waals surface area contributed by atoms with Crippen LogP contribution in [-0.2, 0) is 5.75 Å². The highest BCUT2D eigenvalue weighted by molar-refractivity contribution is 7.98. The summed E-state index contributed by atoms with van der Waals surface area (Å²) in [5.74, 6) is 0.364. The predicted molar refractivity (Wildman–Crippen MR) is 80.1 cm³/mol. The van der Waals surface area contributed by atoms with Gasteiger partial charge in [0.15, 0.2) is 0 Å². The van der Waals surface area contributed by atoms with Crippen molar-refractivity contribution in [2.45, 2.75) is 10.8 Å². The van der Waals surface area contributed by atoms with Crippen LogP contribution in [0, 0.1) is 10.1 Å². The van der Waals surface area contributed by atoms with Gasteiger partial charge in [0.1, 0.15) is 5.69 Å². The van der Waals surface area contributed by atoms with Gasteiger partial charge in [-0.2, -0.15) is 4.40 Å². The van der Waals surface area contributed by atoms with Crippen LogP contribution in [0.5, 0.6) is 0 Å². The lowest BCUT2D eigenvalue weighted by Crippen LogP contribution is -1.97. The lowest BCUT2D eigenvalue weighted by atomic mass is 10.4. The maximum Gasteiger partial charge on any atom is 0.351 e. The predicted octanol–water partition coefficient (Wildman–Crippen LogP) is 2.51. The summed E-state index contributed by atoms with van der Waals surface area (Å²) in [6, 6.07) is 8.79. The van der Waals surface area contributed by atoms with E-state index in [0.29, 0.717) is 22.8 Å². The van der Waals surface area contributed by atoms with Gasteiger partial charge < -0.3 is 15.8 Å². The molecule has 3 aromatic rings. The van der Waals surface area contributed by atoms with E-state index in [1.54, 1.807) is 42.7 Å². The van der Waals surface area contributed by atoms with Crippen LogP contribution in [0.25, 0.3) is 5.65 Å². The molecule has 0 spiro atoms. The second-order valence-corrected chi connectivity index (χ2v) is 5.28. The second-order valence-electron chi connectivity index (χ2n) is 4.29. The number of pyridine rings is 2. The number of thioether (sulfide) groups is 1. The fourth-order valence-corrected chi connectivity index (χ4v) is 2.71. The van der Waals surface area contributed by atoms with E-state index in [1.807, 2.05) is 0 Å². The van der Waals surface area contributed by atoms with Crippen LogP contribution in [0.1, 0.15) is 5.69 Å². The minimum Gasteiger partial charge on any atom is -0.397 e. The van der Waals surface area contributed by atoms with Gasteiger partial charge in [-0.05, 0) is 23.1 Å². The van der Waals surface area contributed by atoms with Gasteiger partial charge in [0.2, 0.25) is 5.65 Å². The van der Waals surface area contributed by atoms with E-state index in [0.717, 1.165) is 5.03 Å². The molecule has 0 saturated carbocycles. The minimum atomic E-state index is -0.410. The molecule has 21 heavy (non-hydrogen) atoms. The Kier molecular flexibility index (Phi) is 3.44. The molecule has 0 fully saturated rings. The number of anilines is 1. The van der Waals surface area contributed by atoms with E-state index >= 15 is 0 Å². The molecule has 0 radical (unpaired) electrons. The first-order valence-corrected chi connectivity index (χ1v) is 7.08. The average molecular weight is 301 g/mol. The number of rotatable bonds is 4. The zero-order valence-electron chi connectivity index (χ0n) is 10.8. The molecule has 106 valence electrons. The van der Waals surface area contributed by atoms with Crippen molar-refractivity contribution in [3.05, 3.63) is 58.5 Å². The van der Waals surface area contributed by atoms with Gasteiger partial charge in [-0.3, -0.25) is 0 Å². The summed E-state index contributed by atoms with van der Waals surface area (Å²) in [4.78, 5) is 19.3. The number of fused-ring (bicyclic) bond motifs is 1.